The minimum atomic E-state index is -0.0226. The lowest BCUT2D eigenvalue weighted by Crippen LogP contribution is -2.29. The molecule has 0 saturated heterocycles. The van der Waals surface area contributed by atoms with Gasteiger partial charge in [-0.25, -0.2) is 0 Å². The van der Waals surface area contributed by atoms with Crippen molar-refractivity contribution in [3.63, 3.8) is 0 Å². The molecule has 1 aromatic carbocycles. The van der Waals surface area contributed by atoms with Crippen LogP contribution in [0.2, 0.25) is 0 Å². The zero-order chi connectivity index (χ0) is 15.5. The lowest BCUT2D eigenvalue weighted by atomic mass is 10.1. The van der Waals surface area contributed by atoms with Crippen molar-refractivity contribution < 1.29 is 9.53 Å². The first-order chi connectivity index (χ1) is 10.6. The van der Waals surface area contributed by atoms with Crippen LogP contribution in [0.15, 0.2) is 24.4 Å². The molecule has 0 saturated carbocycles. The number of nitrogens with zero attached hydrogens (tertiary/aromatic N) is 2. The van der Waals surface area contributed by atoms with Crippen LogP contribution in [0.25, 0.3) is 0 Å². The van der Waals surface area contributed by atoms with Gasteiger partial charge in [0.25, 0.3) is 5.91 Å². The second-order valence-corrected chi connectivity index (χ2v) is 5.72. The van der Waals surface area contributed by atoms with Gasteiger partial charge >= 0.3 is 0 Å². The summed E-state index contributed by atoms with van der Waals surface area (Å²) < 4.78 is 7.38. The third-order valence-corrected chi connectivity index (χ3v) is 4.02. The van der Waals surface area contributed by atoms with Crippen LogP contribution in [0.1, 0.15) is 32.7 Å². The van der Waals surface area contributed by atoms with Crippen molar-refractivity contribution in [2.24, 2.45) is 0 Å². The second kappa shape index (κ2) is 6.32. The molecule has 2 aromatic rings. The number of rotatable bonds is 4. The van der Waals surface area contributed by atoms with E-state index in [9.17, 15) is 4.79 Å². The Labute approximate surface area is 130 Å². The summed E-state index contributed by atoms with van der Waals surface area (Å²) in [4.78, 5) is 12.3. The Morgan fingerprint density at radius 2 is 2.27 bits per heavy atom. The molecule has 0 unspecified atom stereocenters. The predicted octanol–water partition coefficient (Wildman–Crippen LogP) is 2.00. The van der Waals surface area contributed by atoms with E-state index in [4.69, 9.17) is 4.74 Å². The van der Waals surface area contributed by atoms with Crippen LogP contribution in [0.3, 0.4) is 0 Å². The number of ether oxygens (including phenoxy) is 1. The molecular formula is C17H21N3O2. The number of amides is 1. The van der Waals surface area contributed by atoms with Crippen LogP contribution in [0.4, 0.5) is 0 Å². The maximum atomic E-state index is 12.3. The molecule has 1 aliphatic rings. The summed E-state index contributed by atoms with van der Waals surface area (Å²) in [5.74, 6) is -0.0226. The van der Waals surface area contributed by atoms with Gasteiger partial charge in [-0.2, -0.15) is 5.10 Å². The lowest BCUT2D eigenvalue weighted by molar-refractivity contribution is 0.0949. The topological polar surface area (TPSA) is 56.2 Å². The predicted molar refractivity (Wildman–Crippen MR) is 83.8 cm³/mol. The average molecular weight is 299 g/mol. The SMILES string of the molecule is Cc1ccc(C)c(C(=O)NCCn2ncc3c2CCOC3)c1. The van der Waals surface area contributed by atoms with E-state index >= 15 is 0 Å². The van der Waals surface area contributed by atoms with E-state index in [1.54, 1.807) is 0 Å². The van der Waals surface area contributed by atoms with Gasteiger partial charge in [0.2, 0.25) is 0 Å². The molecule has 0 bridgehead atoms. The zero-order valence-corrected chi connectivity index (χ0v) is 13.1. The summed E-state index contributed by atoms with van der Waals surface area (Å²) in [6.07, 6.45) is 2.75. The highest BCUT2D eigenvalue weighted by molar-refractivity contribution is 5.95. The van der Waals surface area contributed by atoms with E-state index in [1.165, 1.54) is 5.69 Å². The van der Waals surface area contributed by atoms with Crippen LogP contribution in [-0.2, 0) is 24.3 Å². The Balaban J connectivity index is 1.60. The molecule has 1 N–H and O–H groups in total. The molecule has 3 rings (SSSR count). The monoisotopic (exact) mass is 299 g/mol. The lowest BCUT2D eigenvalue weighted by Gasteiger charge is -2.15. The standard InChI is InChI=1S/C17H21N3O2/c1-12-3-4-13(2)15(9-12)17(21)18-6-7-20-16-5-8-22-11-14(16)10-19-20/h3-4,9-10H,5-8,11H2,1-2H3,(H,18,21). The van der Waals surface area contributed by atoms with E-state index in [2.05, 4.69) is 10.4 Å². The number of nitrogens with one attached hydrogen (secondary N) is 1. The highest BCUT2D eigenvalue weighted by Gasteiger charge is 2.15. The van der Waals surface area contributed by atoms with Crippen molar-refractivity contribution in [3.05, 3.63) is 52.3 Å². The van der Waals surface area contributed by atoms with E-state index in [0.717, 1.165) is 35.3 Å². The number of fused-ring (bicyclic) bond motifs is 1. The van der Waals surface area contributed by atoms with Crippen LogP contribution in [0.5, 0.6) is 0 Å². The van der Waals surface area contributed by atoms with Gasteiger partial charge in [0, 0.05) is 29.8 Å². The first-order valence-electron chi connectivity index (χ1n) is 7.62. The van der Waals surface area contributed by atoms with Gasteiger partial charge in [-0.1, -0.05) is 17.7 Å². The van der Waals surface area contributed by atoms with Gasteiger partial charge in [0.15, 0.2) is 0 Å². The highest BCUT2D eigenvalue weighted by Crippen LogP contribution is 2.15. The van der Waals surface area contributed by atoms with Crippen molar-refractivity contribution in [1.29, 1.82) is 0 Å². The third kappa shape index (κ3) is 3.04. The number of hydrogen-bond donors (Lipinski definition) is 1. The quantitative estimate of drug-likeness (QED) is 0.939. The van der Waals surface area contributed by atoms with Gasteiger partial charge in [0.05, 0.1) is 26.0 Å². The molecule has 5 heteroatoms. The van der Waals surface area contributed by atoms with Crippen LogP contribution in [0, 0.1) is 13.8 Å². The Bertz CT molecular complexity index is 691. The molecule has 0 aliphatic carbocycles. The number of aromatic nitrogens is 2. The summed E-state index contributed by atoms with van der Waals surface area (Å²) in [6.45, 7) is 6.59. The van der Waals surface area contributed by atoms with E-state index in [0.29, 0.717) is 19.7 Å². The molecule has 2 heterocycles. The maximum absolute atomic E-state index is 12.3. The van der Waals surface area contributed by atoms with Crippen LogP contribution >= 0.6 is 0 Å². The van der Waals surface area contributed by atoms with Gasteiger partial charge < -0.3 is 10.1 Å². The summed E-state index contributed by atoms with van der Waals surface area (Å²) in [5, 5.41) is 7.37. The summed E-state index contributed by atoms with van der Waals surface area (Å²) in [6, 6.07) is 5.93. The molecule has 116 valence electrons. The molecular weight excluding hydrogens is 278 g/mol. The molecule has 5 nitrogen and oxygen atoms in total. The largest absolute Gasteiger partial charge is 0.376 e. The van der Waals surface area contributed by atoms with Gasteiger partial charge in [-0.05, 0) is 25.5 Å². The fraction of sp³-hybridized carbons (Fsp3) is 0.412. The van der Waals surface area contributed by atoms with Crippen LogP contribution in [-0.4, -0.2) is 28.8 Å². The number of aryl methyl sites for hydroxylation is 2. The van der Waals surface area contributed by atoms with Crippen molar-refractivity contribution in [1.82, 2.24) is 15.1 Å². The van der Waals surface area contributed by atoms with Crippen molar-refractivity contribution in [3.8, 4) is 0 Å². The number of hydrogen-bond acceptors (Lipinski definition) is 3. The van der Waals surface area contributed by atoms with Crippen molar-refractivity contribution in [2.75, 3.05) is 13.2 Å². The smallest absolute Gasteiger partial charge is 0.251 e. The third-order valence-electron chi connectivity index (χ3n) is 4.02. The number of carbonyl (C=O) groups is 1. The summed E-state index contributed by atoms with van der Waals surface area (Å²) in [5.41, 5.74) is 5.23. The average Bonchev–Trinajstić information content (AvgIpc) is 2.93. The molecule has 0 atom stereocenters. The zero-order valence-electron chi connectivity index (χ0n) is 13.1. The Morgan fingerprint density at radius 1 is 1.41 bits per heavy atom. The Hall–Kier alpha value is -2.14. The van der Waals surface area contributed by atoms with Gasteiger partial charge in [-0.15, -0.1) is 0 Å². The summed E-state index contributed by atoms with van der Waals surface area (Å²) in [7, 11) is 0. The molecule has 1 aromatic heterocycles. The van der Waals surface area contributed by atoms with E-state index < -0.39 is 0 Å². The van der Waals surface area contributed by atoms with E-state index in [-0.39, 0.29) is 5.91 Å². The molecule has 22 heavy (non-hydrogen) atoms. The molecule has 1 aliphatic heterocycles. The van der Waals surface area contributed by atoms with Gasteiger partial charge in [0.1, 0.15) is 0 Å². The fourth-order valence-electron chi connectivity index (χ4n) is 2.75. The minimum Gasteiger partial charge on any atom is -0.376 e. The van der Waals surface area contributed by atoms with Crippen molar-refractivity contribution in [2.45, 2.75) is 33.4 Å². The highest BCUT2D eigenvalue weighted by atomic mass is 16.5. The number of benzene rings is 1. The number of carbonyl (C=O) groups excluding carboxylic acids is 1. The normalized spacial score (nSPS) is 13.7. The molecule has 0 radical (unpaired) electrons. The summed E-state index contributed by atoms with van der Waals surface area (Å²) >= 11 is 0. The Kier molecular flexibility index (Phi) is 4.24. The van der Waals surface area contributed by atoms with Gasteiger partial charge in [-0.3, -0.25) is 9.48 Å². The molecule has 1 amide bonds. The fourth-order valence-corrected chi connectivity index (χ4v) is 2.75. The Morgan fingerprint density at radius 3 is 3.14 bits per heavy atom. The van der Waals surface area contributed by atoms with E-state index in [1.807, 2.05) is 42.9 Å². The maximum Gasteiger partial charge on any atom is 0.251 e. The second-order valence-electron chi connectivity index (χ2n) is 5.72. The van der Waals surface area contributed by atoms with Crippen molar-refractivity contribution >= 4 is 5.91 Å². The van der Waals surface area contributed by atoms with Crippen LogP contribution < -0.4 is 5.32 Å². The molecule has 0 spiro atoms. The first-order valence-corrected chi connectivity index (χ1v) is 7.62. The first kappa shape index (κ1) is 14.8. The molecule has 0 fully saturated rings. The minimum absolute atomic E-state index is 0.0226.